The average Bonchev–Trinajstić information content (AvgIpc) is 3.10. The van der Waals surface area contributed by atoms with Crippen LogP contribution < -0.4 is 16.0 Å². The number of amides is 3. The third-order valence-corrected chi connectivity index (χ3v) is 6.85. The van der Waals surface area contributed by atoms with Crippen LogP contribution in [0, 0.1) is 10.8 Å². The van der Waals surface area contributed by atoms with Gasteiger partial charge in [0.1, 0.15) is 5.92 Å². The molecule has 2 aliphatic rings. The quantitative estimate of drug-likeness (QED) is 0.527. The summed E-state index contributed by atoms with van der Waals surface area (Å²) in [6.07, 6.45) is 2.36. The molecule has 2 atom stereocenters. The molecule has 0 radical (unpaired) electrons. The van der Waals surface area contributed by atoms with E-state index in [-0.39, 0.29) is 28.7 Å². The minimum absolute atomic E-state index is 0.138. The van der Waals surface area contributed by atoms with E-state index in [1.807, 2.05) is 29.2 Å². The van der Waals surface area contributed by atoms with Gasteiger partial charge in [0.25, 0.3) is 0 Å². The molecule has 0 saturated carbocycles. The van der Waals surface area contributed by atoms with E-state index in [9.17, 15) is 14.4 Å². The number of allylic oxidation sites excluding steroid dienone is 1. The summed E-state index contributed by atoms with van der Waals surface area (Å²) in [4.78, 5) is 40.0. The lowest BCUT2D eigenvalue weighted by atomic mass is 9.81. The van der Waals surface area contributed by atoms with Crippen LogP contribution in [0.15, 0.2) is 54.6 Å². The molecular formula is C30H37N3O5. The van der Waals surface area contributed by atoms with Gasteiger partial charge in [0.05, 0.1) is 19.3 Å². The number of nitrogens with one attached hydrogen (secondary N) is 1. The van der Waals surface area contributed by atoms with Gasteiger partial charge in [-0.3, -0.25) is 14.4 Å². The molecule has 0 bridgehead atoms. The fourth-order valence-electron chi connectivity index (χ4n) is 5.13. The summed E-state index contributed by atoms with van der Waals surface area (Å²) in [7, 11) is 0. The first-order valence-corrected chi connectivity index (χ1v) is 12.9. The summed E-state index contributed by atoms with van der Waals surface area (Å²) in [6, 6.07) is 12.2. The van der Waals surface area contributed by atoms with Gasteiger partial charge >= 0.3 is 0 Å². The van der Waals surface area contributed by atoms with E-state index in [0.29, 0.717) is 24.5 Å². The maximum Gasteiger partial charge on any atom is 0.248 e. The van der Waals surface area contributed by atoms with Crippen molar-refractivity contribution in [2.24, 2.45) is 16.6 Å². The molecule has 202 valence electrons. The van der Waals surface area contributed by atoms with Gasteiger partial charge in [-0.25, -0.2) is 0 Å². The molecule has 3 N–H and O–H groups in total. The molecule has 8 heteroatoms. The average molecular weight is 520 g/mol. The Bertz CT molecular complexity index is 1250. The maximum atomic E-state index is 14.3. The molecule has 2 aliphatic heterocycles. The van der Waals surface area contributed by atoms with Gasteiger partial charge in [0.2, 0.25) is 17.7 Å². The Morgan fingerprint density at radius 2 is 1.74 bits per heavy atom. The molecular weight excluding hydrogens is 482 g/mol. The van der Waals surface area contributed by atoms with Crippen LogP contribution in [0.5, 0.6) is 0 Å². The summed E-state index contributed by atoms with van der Waals surface area (Å²) >= 11 is 0. The predicted octanol–water partition coefficient (Wildman–Crippen LogP) is 4.92. The first-order chi connectivity index (χ1) is 17.8. The van der Waals surface area contributed by atoms with E-state index < -0.39 is 18.1 Å². The molecule has 2 heterocycles. The number of carbonyl (C=O) groups is 3. The summed E-state index contributed by atoms with van der Waals surface area (Å²) < 4.78 is 12.2. The van der Waals surface area contributed by atoms with E-state index in [1.54, 1.807) is 31.2 Å². The molecule has 2 aromatic rings. The first-order valence-electron chi connectivity index (χ1n) is 12.9. The fourth-order valence-corrected chi connectivity index (χ4v) is 5.13. The predicted molar refractivity (Wildman–Crippen MR) is 147 cm³/mol. The second kappa shape index (κ2) is 10.3. The number of hydrogen-bond donors (Lipinski definition) is 2. The van der Waals surface area contributed by atoms with Gasteiger partial charge in [0.15, 0.2) is 6.29 Å². The number of hydrogen-bond acceptors (Lipinski definition) is 5. The SMILES string of the molecule is C/C=C/C(=O)Nc1ccc2c(c1)C(C1OCC(C)(C)CO1)C(=O)N2C(c1ccc(C(N)=O)cc1)C(C)(C)C. The van der Waals surface area contributed by atoms with Crippen molar-refractivity contribution in [2.75, 3.05) is 23.4 Å². The Labute approximate surface area is 224 Å². The van der Waals surface area contributed by atoms with Crippen molar-refractivity contribution in [2.45, 2.75) is 59.8 Å². The summed E-state index contributed by atoms with van der Waals surface area (Å²) in [5.74, 6) is -1.59. The van der Waals surface area contributed by atoms with Gasteiger partial charge in [-0.2, -0.15) is 0 Å². The fraction of sp³-hybridized carbons (Fsp3) is 0.433. The minimum Gasteiger partial charge on any atom is -0.366 e. The van der Waals surface area contributed by atoms with Gasteiger partial charge in [0, 0.05) is 22.4 Å². The molecule has 0 spiro atoms. The largest absolute Gasteiger partial charge is 0.366 e. The highest BCUT2D eigenvalue weighted by atomic mass is 16.7. The second-order valence-corrected chi connectivity index (χ2v) is 11.9. The topological polar surface area (TPSA) is 111 Å². The van der Waals surface area contributed by atoms with Crippen molar-refractivity contribution in [3.63, 3.8) is 0 Å². The molecule has 1 saturated heterocycles. The normalized spacial score (nSPS) is 20.4. The monoisotopic (exact) mass is 519 g/mol. The number of fused-ring (bicyclic) bond motifs is 1. The molecule has 4 rings (SSSR count). The van der Waals surface area contributed by atoms with E-state index >= 15 is 0 Å². The highest BCUT2D eigenvalue weighted by Crippen LogP contribution is 2.50. The zero-order valence-corrected chi connectivity index (χ0v) is 22.9. The van der Waals surface area contributed by atoms with Crippen LogP contribution in [0.1, 0.15) is 75.0 Å². The lowest BCUT2D eigenvalue weighted by molar-refractivity contribution is -0.229. The number of carbonyl (C=O) groups excluding carboxylic acids is 3. The third kappa shape index (κ3) is 5.51. The smallest absolute Gasteiger partial charge is 0.248 e. The number of benzene rings is 2. The van der Waals surface area contributed by atoms with Crippen LogP contribution >= 0.6 is 0 Å². The zero-order chi connectivity index (χ0) is 27.8. The number of anilines is 2. The van der Waals surface area contributed by atoms with Crippen molar-refractivity contribution in [3.8, 4) is 0 Å². The number of nitrogens with zero attached hydrogens (tertiary/aromatic N) is 1. The Morgan fingerprint density at radius 3 is 2.29 bits per heavy atom. The molecule has 1 fully saturated rings. The highest BCUT2D eigenvalue weighted by molar-refractivity contribution is 6.07. The Balaban J connectivity index is 1.80. The number of nitrogens with two attached hydrogens (primary N) is 1. The zero-order valence-electron chi connectivity index (χ0n) is 22.9. The lowest BCUT2D eigenvalue weighted by Gasteiger charge is -2.40. The second-order valence-electron chi connectivity index (χ2n) is 11.9. The highest BCUT2D eigenvalue weighted by Gasteiger charge is 2.50. The van der Waals surface area contributed by atoms with E-state index in [4.69, 9.17) is 15.2 Å². The standard InChI is InChI=1S/C30H37N3O5/c1-7-8-23(34)32-20-13-14-22-21(15-20)24(28-37-16-30(5,6)17-38-28)27(36)33(22)25(29(2,3)4)18-9-11-19(12-10-18)26(31)35/h7-15,24-25,28H,16-17H2,1-6H3,(H2,31,35)(H,32,34)/b8-7+. The van der Waals surface area contributed by atoms with E-state index in [0.717, 1.165) is 16.8 Å². The Hall–Kier alpha value is -3.49. The van der Waals surface area contributed by atoms with Crippen LogP contribution in [-0.2, 0) is 19.1 Å². The van der Waals surface area contributed by atoms with Gasteiger partial charge in [-0.1, -0.05) is 52.8 Å². The Kier molecular flexibility index (Phi) is 7.50. The summed E-state index contributed by atoms with van der Waals surface area (Å²) in [6.45, 7) is 13.0. The van der Waals surface area contributed by atoms with Crippen LogP contribution in [-0.4, -0.2) is 37.2 Å². The number of primary amides is 1. The van der Waals surface area contributed by atoms with Crippen LogP contribution in [0.25, 0.3) is 0 Å². The maximum absolute atomic E-state index is 14.3. The van der Waals surface area contributed by atoms with Crippen molar-refractivity contribution < 1.29 is 23.9 Å². The van der Waals surface area contributed by atoms with Crippen molar-refractivity contribution in [1.29, 1.82) is 0 Å². The molecule has 38 heavy (non-hydrogen) atoms. The third-order valence-electron chi connectivity index (χ3n) is 6.85. The molecule has 2 unspecified atom stereocenters. The van der Waals surface area contributed by atoms with E-state index in [2.05, 4.69) is 39.9 Å². The van der Waals surface area contributed by atoms with Crippen molar-refractivity contribution in [3.05, 3.63) is 71.3 Å². The van der Waals surface area contributed by atoms with Crippen molar-refractivity contribution >= 4 is 29.1 Å². The summed E-state index contributed by atoms with van der Waals surface area (Å²) in [5.41, 5.74) is 8.27. The molecule has 2 aromatic carbocycles. The van der Waals surface area contributed by atoms with Crippen LogP contribution in [0.4, 0.5) is 11.4 Å². The van der Waals surface area contributed by atoms with E-state index in [1.165, 1.54) is 6.08 Å². The van der Waals surface area contributed by atoms with Gasteiger partial charge in [-0.05, 0) is 59.9 Å². The van der Waals surface area contributed by atoms with Crippen LogP contribution in [0.2, 0.25) is 0 Å². The molecule has 3 amide bonds. The minimum atomic E-state index is -0.751. The van der Waals surface area contributed by atoms with Crippen molar-refractivity contribution in [1.82, 2.24) is 0 Å². The first kappa shape index (κ1) is 27.5. The lowest BCUT2D eigenvalue weighted by Crippen LogP contribution is -2.45. The van der Waals surface area contributed by atoms with Gasteiger partial charge in [-0.15, -0.1) is 0 Å². The summed E-state index contributed by atoms with van der Waals surface area (Å²) in [5, 5.41) is 2.87. The van der Waals surface area contributed by atoms with Crippen LogP contribution in [0.3, 0.4) is 0 Å². The Morgan fingerprint density at radius 1 is 1.11 bits per heavy atom. The molecule has 8 nitrogen and oxygen atoms in total. The number of rotatable bonds is 6. The van der Waals surface area contributed by atoms with Gasteiger partial charge < -0.3 is 25.4 Å². The number of ether oxygens (including phenoxy) is 2. The molecule has 0 aliphatic carbocycles. The molecule has 0 aromatic heterocycles.